The van der Waals surface area contributed by atoms with Crippen molar-refractivity contribution in [1.82, 2.24) is 0 Å². The molecule has 0 heterocycles. The lowest BCUT2D eigenvalue weighted by molar-refractivity contribution is 0.570. The summed E-state index contributed by atoms with van der Waals surface area (Å²) in [4.78, 5) is 0. The lowest BCUT2D eigenvalue weighted by atomic mass is 9.98. The Bertz CT molecular complexity index is 652. The van der Waals surface area contributed by atoms with Crippen LogP contribution in [-0.2, 0) is 6.42 Å². The van der Waals surface area contributed by atoms with Crippen molar-refractivity contribution in [2.24, 2.45) is 0 Å². The highest BCUT2D eigenvalue weighted by Crippen LogP contribution is 2.33. The summed E-state index contributed by atoms with van der Waals surface area (Å²) in [7, 11) is 0. The Hall–Kier alpha value is -1.90. The monoisotopic (exact) mass is 287 g/mol. The molecule has 0 spiro atoms. The minimum atomic E-state index is -0.528. The summed E-state index contributed by atoms with van der Waals surface area (Å²) in [5.41, 5.74) is 2.90. The molecule has 1 aliphatic carbocycles. The highest BCUT2D eigenvalue weighted by molar-refractivity contribution is 5.51. The van der Waals surface area contributed by atoms with Gasteiger partial charge in [0.15, 0.2) is 5.82 Å². The number of anilines is 1. The smallest absolute Gasteiger partial charge is 0.152 e. The second kappa shape index (κ2) is 5.84. The van der Waals surface area contributed by atoms with Gasteiger partial charge in [-0.3, -0.25) is 0 Å². The first-order valence-electron chi connectivity index (χ1n) is 7.46. The van der Waals surface area contributed by atoms with E-state index in [9.17, 15) is 8.78 Å². The molecule has 1 N–H and O–H groups in total. The van der Waals surface area contributed by atoms with Crippen molar-refractivity contribution in [1.29, 1.82) is 0 Å². The SMILES string of the molecule is Cc1ccc(F)c(NC2CCCCc3ccccc32)c1F. The summed E-state index contributed by atoms with van der Waals surface area (Å²) >= 11 is 0. The first-order chi connectivity index (χ1) is 10.2. The van der Waals surface area contributed by atoms with Crippen molar-refractivity contribution < 1.29 is 8.78 Å². The van der Waals surface area contributed by atoms with Gasteiger partial charge >= 0.3 is 0 Å². The fraction of sp³-hybridized carbons (Fsp3) is 0.333. The van der Waals surface area contributed by atoms with Crippen LogP contribution in [0.25, 0.3) is 0 Å². The van der Waals surface area contributed by atoms with Gasteiger partial charge in [-0.15, -0.1) is 0 Å². The topological polar surface area (TPSA) is 12.0 Å². The van der Waals surface area contributed by atoms with E-state index in [-0.39, 0.29) is 11.7 Å². The minimum Gasteiger partial charge on any atom is -0.373 e. The third-order valence-electron chi connectivity index (χ3n) is 4.22. The number of benzene rings is 2. The Labute approximate surface area is 124 Å². The lowest BCUT2D eigenvalue weighted by Gasteiger charge is -2.21. The van der Waals surface area contributed by atoms with Gasteiger partial charge in [-0.05, 0) is 48.9 Å². The van der Waals surface area contributed by atoms with Crippen LogP contribution in [0.2, 0.25) is 0 Å². The summed E-state index contributed by atoms with van der Waals surface area (Å²) in [6.07, 6.45) is 4.10. The molecule has 1 atom stereocenters. The van der Waals surface area contributed by atoms with E-state index >= 15 is 0 Å². The lowest BCUT2D eigenvalue weighted by Crippen LogP contribution is -2.14. The average Bonchev–Trinajstić information content (AvgIpc) is 2.70. The van der Waals surface area contributed by atoms with Gasteiger partial charge in [0, 0.05) is 0 Å². The van der Waals surface area contributed by atoms with Crippen LogP contribution in [0, 0.1) is 18.6 Å². The van der Waals surface area contributed by atoms with E-state index < -0.39 is 11.6 Å². The second-order valence-electron chi connectivity index (χ2n) is 5.69. The molecule has 1 unspecified atom stereocenters. The van der Waals surface area contributed by atoms with Crippen molar-refractivity contribution >= 4 is 5.69 Å². The molecule has 0 saturated carbocycles. The Morgan fingerprint density at radius 2 is 1.86 bits per heavy atom. The second-order valence-corrected chi connectivity index (χ2v) is 5.69. The Kier molecular flexibility index (Phi) is 3.91. The Balaban J connectivity index is 1.97. The number of halogens is 2. The first-order valence-corrected chi connectivity index (χ1v) is 7.46. The normalized spacial score (nSPS) is 18.0. The zero-order chi connectivity index (χ0) is 14.8. The van der Waals surface area contributed by atoms with E-state index in [0.717, 1.165) is 31.2 Å². The van der Waals surface area contributed by atoms with Crippen LogP contribution < -0.4 is 5.32 Å². The summed E-state index contributed by atoms with van der Waals surface area (Å²) < 4.78 is 28.2. The molecule has 3 rings (SSSR count). The van der Waals surface area contributed by atoms with Crippen LogP contribution in [0.3, 0.4) is 0 Å². The molecule has 0 saturated heterocycles. The van der Waals surface area contributed by atoms with E-state index in [4.69, 9.17) is 0 Å². The molecule has 0 radical (unpaired) electrons. The number of aryl methyl sites for hydroxylation is 2. The molecule has 3 heteroatoms. The van der Waals surface area contributed by atoms with E-state index in [0.29, 0.717) is 5.56 Å². The van der Waals surface area contributed by atoms with Crippen LogP contribution in [0.5, 0.6) is 0 Å². The number of fused-ring (bicyclic) bond motifs is 1. The Morgan fingerprint density at radius 1 is 1.05 bits per heavy atom. The van der Waals surface area contributed by atoms with Gasteiger partial charge in [-0.1, -0.05) is 36.8 Å². The van der Waals surface area contributed by atoms with Gasteiger partial charge in [0.25, 0.3) is 0 Å². The van der Waals surface area contributed by atoms with Gasteiger partial charge < -0.3 is 5.32 Å². The van der Waals surface area contributed by atoms with E-state index in [1.54, 1.807) is 6.92 Å². The van der Waals surface area contributed by atoms with Crippen LogP contribution in [0.4, 0.5) is 14.5 Å². The van der Waals surface area contributed by atoms with E-state index in [1.807, 2.05) is 12.1 Å². The van der Waals surface area contributed by atoms with Crippen LogP contribution in [-0.4, -0.2) is 0 Å². The third-order valence-corrected chi connectivity index (χ3v) is 4.22. The molecule has 0 amide bonds. The molecule has 2 aromatic carbocycles. The predicted molar refractivity (Wildman–Crippen MR) is 81.5 cm³/mol. The van der Waals surface area contributed by atoms with Crippen molar-refractivity contribution in [3.63, 3.8) is 0 Å². The fourth-order valence-electron chi connectivity index (χ4n) is 3.03. The van der Waals surface area contributed by atoms with E-state index in [1.165, 1.54) is 17.7 Å². The van der Waals surface area contributed by atoms with Crippen molar-refractivity contribution in [2.45, 2.75) is 38.6 Å². The standard InChI is InChI=1S/C18H19F2N/c1-12-10-11-15(19)18(17(12)20)21-16-9-5-3-7-13-6-2-4-8-14(13)16/h2,4,6,8,10-11,16,21H,3,5,7,9H2,1H3. The largest absolute Gasteiger partial charge is 0.373 e. The zero-order valence-electron chi connectivity index (χ0n) is 12.1. The quantitative estimate of drug-likeness (QED) is 0.753. The van der Waals surface area contributed by atoms with Crippen molar-refractivity contribution in [3.05, 3.63) is 64.7 Å². The number of rotatable bonds is 2. The van der Waals surface area contributed by atoms with Crippen molar-refractivity contribution in [3.8, 4) is 0 Å². The maximum Gasteiger partial charge on any atom is 0.152 e. The number of hydrogen-bond donors (Lipinski definition) is 1. The van der Waals surface area contributed by atoms with Crippen LogP contribution in [0.1, 0.15) is 42.0 Å². The van der Waals surface area contributed by atoms with Gasteiger partial charge in [0.05, 0.1) is 6.04 Å². The molecule has 1 nitrogen and oxygen atoms in total. The van der Waals surface area contributed by atoms with E-state index in [2.05, 4.69) is 17.4 Å². The molecular weight excluding hydrogens is 268 g/mol. The number of nitrogens with one attached hydrogen (secondary N) is 1. The molecule has 0 aliphatic heterocycles. The third kappa shape index (κ3) is 2.78. The van der Waals surface area contributed by atoms with Gasteiger partial charge in [0.2, 0.25) is 0 Å². The van der Waals surface area contributed by atoms with Gasteiger partial charge in [-0.25, -0.2) is 8.78 Å². The summed E-state index contributed by atoms with van der Waals surface area (Å²) in [6.45, 7) is 1.65. The predicted octanol–water partition coefficient (Wildman–Crippen LogP) is 5.15. The maximum absolute atomic E-state index is 14.2. The highest BCUT2D eigenvalue weighted by Gasteiger charge is 2.21. The van der Waals surface area contributed by atoms with Crippen LogP contribution >= 0.6 is 0 Å². The van der Waals surface area contributed by atoms with Crippen LogP contribution in [0.15, 0.2) is 36.4 Å². The Morgan fingerprint density at radius 3 is 2.71 bits per heavy atom. The maximum atomic E-state index is 14.2. The number of hydrogen-bond acceptors (Lipinski definition) is 1. The summed E-state index contributed by atoms with van der Waals surface area (Å²) in [5.74, 6) is -1.02. The molecule has 0 fully saturated rings. The molecule has 110 valence electrons. The molecular formula is C18H19F2N. The first kappa shape index (κ1) is 14.1. The molecule has 0 aromatic heterocycles. The average molecular weight is 287 g/mol. The summed E-state index contributed by atoms with van der Waals surface area (Å²) in [6, 6.07) is 10.9. The molecule has 2 aromatic rings. The fourth-order valence-corrected chi connectivity index (χ4v) is 3.03. The highest BCUT2D eigenvalue weighted by atomic mass is 19.1. The molecule has 21 heavy (non-hydrogen) atoms. The minimum absolute atomic E-state index is 0.00305. The zero-order valence-corrected chi connectivity index (χ0v) is 12.1. The molecule has 0 bridgehead atoms. The van der Waals surface area contributed by atoms with Gasteiger partial charge in [-0.2, -0.15) is 0 Å². The van der Waals surface area contributed by atoms with Gasteiger partial charge in [0.1, 0.15) is 11.5 Å². The van der Waals surface area contributed by atoms with Crippen molar-refractivity contribution in [2.75, 3.05) is 5.32 Å². The molecule has 1 aliphatic rings. The summed E-state index contributed by atoms with van der Waals surface area (Å²) in [5, 5.41) is 3.10.